The Bertz CT molecular complexity index is 969. The highest BCUT2D eigenvalue weighted by atomic mass is 32.2. The molecule has 0 aromatic heterocycles. The first-order valence-corrected chi connectivity index (χ1v) is 16.6. The van der Waals surface area contributed by atoms with Crippen LogP contribution in [0.4, 0.5) is 0 Å². The van der Waals surface area contributed by atoms with Crippen LogP contribution in [0.2, 0.25) is 0 Å². The summed E-state index contributed by atoms with van der Waals surface area (Å²) in [6, 6.07) is 2.99. The molecule has 0 aromatic carbocycles. The maximum absolute atomic E-state index is 13.6. The number of methoxy groups -OCH3 is 1. The summed E-state index contributed by atoms with van der Waals surface area (Å²) >= 11 is 1.66. The number of nitriles is 1. The molecule has 3 heterocycles. The lowest BCUT2D eigenvalue weighted by Crippen LogP contribution is -2.55. The fraction of sp³-hybridized carbons (Fsp3) is 0.923. The number of fused-ring (bicyclic) bond motifs is 1. The largest absolute Gasteiger partial charge is 0.381 e. The SMILES string of the molecule is COC1CCC(C#N)CC1C1CC(C)NCC1C(=O)NC1NC2CCN(S(=O)(=O)C3CCCC3)CC2S1. The summed E-state index contributed by atoms with van der Waals surface area (Å²) in [6.45, 7) is 3.87. The number of piperidine rings is 2. The van der Waals surface area contributed by atoms with Crippen LogP contribution in [0.25, 0.3) is 0 Å². The molecule has 9 unspecified atom stereocenters. The van der Waals surface area contributed by atoms with E-state index in [4.69, 9.17) is 4.74 Å². The normalized spacial score (nSPS) is 41.7. The lowest BCUT2D eigenvalue weighted by Gasteiger charge is -2.44. The average molecular weight is 554 g/mol. The molecule has 5 rings (SSSR count). The van der Waals surface area contributed by atoms with E-state index in [2.05, 4.69) is 28.9 Å². The Morgan fingerprint density at radius 3 is 2.65 bits per heavy atom. The van der Waals surface area contributed by atoms with Crippen LogP contribution in [0, 0.1) is 35.0 Å². The molecule has 11 heteroatoms. The van der Waals surface area contributed by atoms with Gasteiger partial charge in [-0.1, -0.05) is 12.8 Å². The van der Waals surface area contributed by atoms with Crippen molar-refractivity contribution in [2.75, 3.05) is 26.7 Å². The number of nitrogens with zero attached hydrogens (tertiary/aromatic N) is 2. The Hall–Kier alpha value is -0.900. The van der Waals surface area contributed by atoms with Crippen LogP contribution >= 0.6 is 11.8 Å². The number of thioether (sulfide) groups is 1. The van der Waals surface area contributed by atoms with Crippen LogP contribution in [-0.2, 0) is 19.6 Å². The molecule has 3 saturated heterocycles. The highest BCUT2D eigenvalue weighted by Gasteiger charge is 2.47. The first kappa shape index (κ1) is 27.7. The summed E-state index contributed by atoms with van der Waals surface area (Å²) < 4.78 is 33.8. The van der Waals surface area contributed by atoms with Crippen molar-refractivity contribution < 1.29 is 17.9 Å². The number of nitrogens with one attached hydrogen (secondary N) is 3. The standard InChI is InChI=1S/C26H43N5O4S2/c1-16-11-19(20-12-17(13-27)7-8-23(20)35-2)21(14-28-16)25(32)30-26-29-22-9-10-31(15-24(22)36-26)37(33,34)18-5-3-4-6-18/h16-24,26,28-29H,3-12,14-15H2,1-2H3,(H,30,32). The zero-order valence-electron chi connectivity index (χ0n) is 22.1. The minimum absolute atomic E-state index is 0.0314. The molecule has 208 valence electrons. The number of sulfonamides is 1. The van der Waals surface area contributed by atoms with Crippen molar-refractivity contribution in [2.24, 2.45) is 23.7 Å². The van der Waals surface area contributed by atoms with E-state index in [1.807, 2.05) is 0 Å². The van der Waals surface area contributed by atoms with Gasteiger partial charge in [0.2, 0.25) is 15.9 Å². The van der Waals surface area contributed by atoms with Crippen LogP contribution in [0.1, 0.15) is 64.7 Å². The van der Waals surface area contributed by atoms with Gasteiger partial charge < -0.3 is 15.4 Å². The van der Waals surface area contributed by atoms with Gasteiger partial charge in [0.15, 0.2) is 0 Å². The van der Waals surface area contributed by atoms with Crippen molar-refractivity contribution in [1.82, 2.24) is 20.3 Å². The third-order valence-electron chi connectivity index (χ3n) is 9.59. The first-order chi connectivity index (χ1) is 17.8. The van der Waals surface area contributed by atoms with Crippen molar-refractivity contribution >= 4 is 27.7 Å². The molecule has 0 radical (unpaired) electrons. The number of carbonyl (C=O) groups excluding carboxylic acids is 1. The summed E-state index contributed by atoms with van der Waals surface area (Å²) in [5.41, 5.74) is -0.215. The van der Waals surface area contributed by atoms with E-state index in [1.54, 1.807) is 23.2 Å². The number of ether oxygens (including phenoxy) is 1. The predicted octanol–water partition coefficient (Wildman–Crippen LogP) is 2.01. The van der Waals surface area contributed by atoms with E-state index >= 15 is 0 Å². The predicted molar refractivity (Wildman–Crippen MR) is 144 cm³/mol. The molecule has 2 saturated carbocycles. The van der Waals surface area contributed by atoms with Gasteiger partial charge in [0, 0.05) is 50.0 Å². The Kier molecular flexibility index (Phi) is 8.74. The van der Waals surface area contributed by atoms with E-state index < -0.39 is 10.0 Å². The molecule has 2 aliphatic carbocycles. The topological polar surface area (TPSA) is 124 Å². The highest BCUT2D eigenvalue weighted by molar-refractivity contribution is 8.00. The number of amides is 1. The van der Waals surface area contributed by atoms with Gasteiger partial charge in [-0.25, -0.2) is 12.7 Å². The summed E-state index contributed by atoms with van der Waals surface area (Å²) in [6.07, 6.45) is 7.86. The third kappa shape index (κ3) is 5.85. The zero-order chi connectivity index (χ0) is 26.2. The Labute approximate surface area is 226 Å². The molecule has 3 aliphatic heterocycles. The van der Waals surface area contributed by atoms with Crippen molar-refractivity contribution in [3.63, 3.8) is 0 Å². The van der Waals surface area contributed by atoms with Crippen molar-refractivity contribution in [1.29, 1.82) is 5.26 Å². The lowest BCUT2D eigenvalue weighted by molar-refractivity contribution is -0.131. The van der Waals surface area contributed by atoms with Gasteiger partial charge in [-0.2, -0.15) is 5.26 Å². The first-order valence-electron chi connectivity index (χ1n) is 14.2. The fourth-order valence-corrected chi connectivity index (χ4v) is 11.1. The third-order valence-corrected chi connectivity index (χ3v) is 13.3. The van der Waals surface area contributed by atoms with E-state index in [-0.39, 0.29) is 57.7 Å². The lowest BCUT2D eigenvalue weighted by atomic mass is 9.66. The molecular formula is C26H43N5O4S2. The molecule has 0 aromatic rings. The van der Waals surface area contributed by atoms with Gasteiger partial charge >= 0.3 is 0 Å². The zero-order valence-corrected chi connectivity index (χ0v) is 23.7. The van der Waals surface area contributed by atoms with Crippen LogP contribution in [-0.4, -0.2) is 79.6 Å². The molecule has 9 atom stereocenters. The van der Waals surface area contributed by atoms with Crippen LogP contribution in [0.15, 0.2) is 0 Å². The molecular weight excluding hydrogens is 510 g/mol. The van der Waals surface area contributed by atoms with Gasteiger partial charge in [-0.05, 0) is 63.7 Å². The quantitative estimate of drug-likeness (QED) is 0.457. The Morgan fingerprint density at radius 2 is 1.92 bits per heavy atom. The van der Waals surface area contributed by atoms with Gasteiger partial charge in [0.25, 0.3) is 0 Å². The number of hydrogen-bond donors (Lipinski definition) is 3. The van der Waals surface area contributed by atoms with Gasteiger partial charge in [-0.3, -0.25) is 10.1 Å². The van der Waals surface area contributed by atoms with Crippen molar-refractivity contribution in [2.45, 2.75) is 98.9 Å². The molecule has 37 heavy (non-hydrogen) atoms. The van der Waals surface area contributed by atoms with Gasteiger partial charge in [-0.15, -0.1) is 11.8 Å². The molecule has 0 spiro atoms. The van der Waals surface area contributed by atoms with Crippen LogP contribution in [0.3, 0.4) is 0 Å². The second-order valence-electron chi connectivity index (χ2n) is 11.8. The molecule has 3 N–H and O–H groups in total. The molecule has 0 bridgehead atoms. The highest BCUT2D eigenvalue weighted by Crippen LogP contribution is 2.42. The molecule has 1 amide bonds. The number of carbonyl (C=O) groups is 1. The minimum Gasteiger partial charge on any atom is -0.381 e. The van der Waals surface area contributed by atoms with Crippen LogP contribution in [0.5, 0.6) is 0 Å². The van der Waals surface area contributed by atoms with E-state index in [9.17, 15) is 18.5 Å². The second-order valence-corrected chi connectivity index (χ2v) is 15.4. The maximum Gasteiger partial charge on any atom is 0.226 e. The Balaban J connectivity index is 1.22. The van der Waals surface area contributed by atoms with Crippen molar-refractivity contribution in [3.05, 3.63) is 0 Å². The Morgan fingerprint density at radius 1 is 1.14 bits per heavy atom. The van der Waals surface area contributed by atoms with Crippen molar-refractivity contribution in [3.8, 4) is 6.07 Å². The van der Waals surface area contributed by atoms with E-state index in [0.717, 1.165) is 57.8 Å². The average Bonchev–Trinajstić information content (AvgIpc) is 3.58. The summed E-state index contributed by atoms with van der Waals surface area (Å²) in [7, 11) is -1.48. The molecule has 5 aliphatic rings. The molecule has 5 fully saturated rings. The minimum atomic E-state index is -3.24. The maximum atomic E-state index is 13.6. The van der Waals surface area contributed by atoms with Crippen LogP contribution < -0.4 is 16.0 Å². The number of hydrogen-bond acceptors (Lipinski definition) is 8. The fourth-order valence-electron chi connectivity index (χ4n) is 7.50. The summed E-state index contributed by atoms with van der Waals surface area (Å²) in [5, 5.41) is 19.8. The second kappa shape index (κ2) is 11.7. The van der Waals surface area contributed by atoms with Gasteiger partial charge in [0.05, 0.1) is 23.3 Å². The summed E-state index contributed by atoms with van der Waals surface area (Å²) in [4.78, 5) is 13.6. The summed E-state index contributed by atoms with van der Waals surface area (Å²) in [5.74, 6) is 0.254. The van der Waals surface area contributed by atoms with E-state index in [1.165, 1.54) is 0 Å². The van der Waals surface area contributed by atoms with Gasteiger partial charge in [0.1, 0.15) is 5.50 Å². The molecule has 9 nitrogen and oxygen atoms in total. The monoisotopic (exact) mass is 553 g/mol. The van der Waals surface area contributed by atoms with E-state index in [0.29, 0.717) is 25.7 Å². The smallest absolute Gasteiger partial charge is 0.226 e. The number of rotatable bonds is 6.